The van der Waals surface area contributed by atoms with Gasteiger partial charge in [-0.05, 0) is 55.2 Å². The summed E-state index contributed by atoms with van der Waals surface area (Å²) in [6.07, 6.45) is 3.83. The van der Waals surface area contributed by atoms with Gasteiger partial charge in [-0.25, -0.2) is 4.98 Å². The predicted molar refractivity (Wildman–Crippen MR) is 130 cm³/mol. The zero-order valence-corrected chi connectivity index (χ0v) is 20.9. The van der Waals surface area contributed by atoms with Crippen LogP contribution in [0.3, 0.4) is 0 Å². The van der Waals surface area contributed by atoms with Crippen LogP contribution in [-0.2, 0) is 13.0 Å². The highest BCUT2D eigenvalue weighted by atomic mass is 79.9. The Morgan fingerprint density at radius 3 is 2.52 bits per heavy atom. The Morgan fingerprint density at radius 2 is 1.90 bits per heavy atom. The number of hydrogen-bond donors (Lipinski definition) is 2. The number of carbonyl (C=O) groups excluding carboxylic acids is 1. The van der Waals surface area contributed by atoms with Crippen LogP contribution in [0.15, 0.2) is 63.9 Å². The molecule has 31 heavy (non-hydrogen) atoms. The molecule has 0 saturated carbocycles. The summed E-state index contributed by atoms with van der Waals surface area (Å²) in [5, 5.41) is 10.3. The lowest BCUT2D eigenvalue weighted by atomic mass is 10.0. The van der Waals surface area contributed by atoms with Gasteiger partial charge in [-0.2, -0.15) is 0 Å². The van der Waals surface area contributed by atoms with E-state index < -0.39 is 12.0 Å². The normalized spacial score (nSPS) is 12.6. The Balaban J connectivity index is 0.00000341. The van der Waals surface area contributed by atoms with Gasteiger partial charge in [0.05, 0.1) is 18.5 Å². The molecule has 1 aromatic heterocycles. The van der Waals surface area contributed by atoms with Crippen molar-refractivity contribution in [1.82, 2.24) is 9.55 Å². The maximum atomic E-state index is 11.3. The summed E-state index contributed by atoms with van der Waals surface area (Å²) >= 11 is 6.99. The van der Waals surface area contributed by atoms with Gasteiger partial charge in [-0.1, -0.05) is 50.1 Å². The number of aliphatic hydroxyl groups is 1. The number of imidazole rings is 1. The fourth-order valence-corrected chi connectivity index (χ4v) is 4.68. The first kappa shape index (κ1) is 25.4. The van der Waals surface area contributed by atoms with Gasteiger partial charge in [0, 0.05) is 15.1 Å². The van der Waals surface area contributed by atoms with Crippen molar-refractivity contribution in [1.29, 1.82) is 0 Å². The molecular formula is C22H24Br2ClN3O3. The van der Waals surface area contributed by atoms with Crippen LogP contribution in [0.2, 0.25) is 0 Å². The molecule has 0 radical (unpaired) electrons. The standard InChI is InChI=1S/C22H23Br2N3O3.ClH/c1-14(28)20(27-11-19(22(25)29)26-13-27)7-6-16-4-2-3-5-21(16)30-12-15-8-17(23)10-18(24)9-15;/h2-5,8-11,13-14,20,28H,6-7,12H2,1H3,(H2,25,29);1H/t14-,20+;/m0./s1. The van der Waals surface area contributed by atoms with Crippen LogP contribution in [0.5, 0.6) is 5.75 Å². The fraction of sp³-hybridized carbons (Fsp3) is 0.273. The number of benzene rings is 2. The number of hydrogen-bond acceptors (Lipinski definition) is 4. The Hall–Kier alpha value is -1.87. The maximum absolute atomic E-state index is 11.3. The topological polar surface area (TPSA) is 90.4 Å². The van der Waals surface area contributed by atoms with Gasteiger partial charge in [0.15, 0.2) is 0 Å². The molecular weight excluding hydrogens is 550 g/mol. The molecule has 2 aromatic carbocycles. The molecule has 0 spiro atoms. The molecule has 0 aliphatic carbocycles. The van der Waals surface area contributed by atoms with E-state index in [0.717, 1.165) is 25.8 Å². The number of halogens is 3. The Labute approximate surface area is 204 Å². The van der Waals surface area contributed by atoms with Crippen LogP contribution in [0.25, 0.3) is 0 Å². The summed E-state index contributed by atoms with van der Waals surface area (Å²) in [5.74, 6) is 0.220. The molecule has 1 heterocycles. The first-order chi connectivity index (χ1) is 14.3. The molecule has 0 saturated heterocycles. The molecule has 3 rings (SSSR count). The number of nitrogens with zero attached hydrogens (tertiary/aromatic N) is 2. The molecule has 166 valence electrons. The third-order valence-electron chi connectivity index (χ3n) is 4.79. The monoisotopic (exact) mass is 571 g/mol. The van der Waals surface area contributed by atoms with Gasteiger partial charge >= 0.3 is 0 Å². The summed E-state index contributed by atoms with van der Waals surface area (Å²) in [6.45, 7) is 2.17. The lowest BCUT2D eigenvalue weighted by Gasteiger charge is -2.22. The first-order valence-electron chi connectivity index (χ1n) is 9.50. The third-order valence-corrected chi connectivity index (χ3v) is 5.71. The minimum Gasteiger partial charge on any atom is -0.489 e. The molecule has 3 N–H and O–H groups in total. The minimum absolute atomic E-state index is 0. The molecule has 2 atom stereocenters. The number of amides is 1. The average molecular weight is 574 g/mol. The number of aromatic nitrogens is 2. The molecule has 0 aliphatic rings. The predicted octanol–water partition coefficient (Wildman–Crippen LogP) is 5.06. The van der Waals surface area contributed by atoms with Crippen molar-refractivity contribution in [2.75, 3.05) is 0 Å². The van der Waals surface area contributed by atoms with Gasteiger partial charge in [0.2, 0.25) is 0 Å². The maximum Gasteiger partial charge on any atom is 0.268 e. The van der Waals surface area contributed by atoms with Gasteiger partial charge in [0.25, 0.3) is 5.91 Å². The highest BCUT2D eigenvalue weighted by molar-refractivity contribution is 9.11. The van der Waals surface area contributed by atoms with Crippen LogP contribution in [0.1, 0.15) is 41.0 Å². The number of ether oxygens (including phenoxy) is 1. The second-order valence-electron chi connectivity index (χ2n) is 7.09. The van der Waals surface area contributed by atoms with Crippen molar-refractivity contribution in [3.63, 3.8) is 0 Å². The summed E-state index contributed by atoms with van der Waals surface area (Å²) in [5.41, 5.74) is 7.57. The molecule has 9 heteroatoms. The van der Waals surface area contributed by atoms with E-state index in [-0.39, 0.29) is 24.1 Å². The van der Waals surface area contributed by atoms with E-state index in [1.54, 1.807) is 17.7 Å². The van der Waals surface area contributed by atoms with Crippen LogP contribution >= 0.6 is 44.3 Å². The SMILES string of the molecule is C[C@H](O)[C@@H](CCc1ccccc1OCc1cc(Br)cc(Br)c1)n1cnc(C(N)=O)c1.Cl. The number of nitrogens with two attached hydrogens (primary N) is 1. The highest BCUT2D eigenvalue weighted by Crippen LogP contribution is 2.27. The van der Waals surface area contributed by atoms with E-state index in [2.05, 4.69) is 36.8 Å². The second-order valence-corrected chi connectivity index (χ2v) is 8.92. The van der Waals surface area contributed by atoms with Crippen LogP contribution in [-0.4, -0.2) is 26.7 Å². The Morgan fingerprint density at radius 1 is 1.23 bits per heavy atom. The van der Waals surface area contributed by atoms with Gasteiger partial charge < -0.3 is 20.1 Å². The first-order valence-corrected chi connectivity index (χ1v) is 11.1. The van der Waals surface area contributed by atoms with E-state index in [1.165, 1.54) is 6.33 Å². The smallest absolute Gasteiger partial charge is 0.268 e. The number of carbonyl (C=O) groups is 1. The fourth-order valence-electron chi connectivity index (χ4n) is 3.29. The summed E-state index contributed by atoms with van der Waals surface area (Å²) in [6, 6.07) is 13.7. The molecule has 0 aliphatic heterocycles. The molecule has 3 aromatic rings. The van der Waals surface area contributed by atoms with Crippen LogP contribution in [0.4, 0.5) is 0 Å². The molecule has 0 fully saturated rings. The molecule has 0 bridgehead atoms. The van der Waals surface area contributed by atoms with E-state index in [4.69, 9.17) is 10.5 Å². The lowest BCUT2D eigenvalue weighted by molar-refractivity contribution is 0.0994. The zero-order valence-electron chi connectivity index (χ0n) is 16.9. The van der Waals surface area contributed by atoms with Crippen molar-refractivity contribution in [2.45, 2.75) is 38.5 Å². The van der Waals surface area contributed by atoms with E-state index in [9.17, 15) is 9.90 Å². The second kappa shape index (κ2) is 11.7. The largest absolute Gasteiger partial charge is 0.489 e. The Bertz CT molecular complexity index is 1010. The van der Waals surface area contributed by atoms with Crippen molar-refractivity contribution in [2.24, 2.45) is 5.73 Å². The summed E-state index contributed by atoms with van der Waals surface area (Å²) < 4.78 is 9.80. The average Bonchev–Trinajstić information content (AvgIpc) is 3.16. The van der Waals surface area contributed by atoms with Gasteiger partial charge in [0.1, 0.15) is 18.1 Å². The Kier molecular flexibility index (Phi) is 9.55. The van der Waals surface area contributed by atoms with Crippen molar-refractivity contribution in [3.05, 3.63) is 80.8 Å². The quantitative estimate of drug-likeness (QED) is 0.374. The van der Waals surface area contributed by atoms with E-state index in [0.29, 0.717) is 19.4 Å². The zero-order chi connectivity index (χ0) is 21.7. The van der Waals surface area contributed by atoms with Crippen molar-refractivity contribution < 1.29 is 14.6 Å². The summed E-state index contributed by atoms with van der Waals surface area (Å²) in [7, 11) is 0. The van der Waals surface area contributed by atoms with Crippen molar-refractivity contribution in [3.8, 4) is 5.75 Å². The number of primary amides is 1. The van der Waals surface area contributed by atoms with Gasteiger partial charge in [-0.15, -0.1) is 12.4 Å². The van der Waals surface area contributed by atoms with E-state index >= 15 is 0 Å². The molecule has 0 unspecified atom stereocenters. The van der Waals surface area contributed by atoms with Crippen LogP contribution in [0, 0.1) is 0 Å². The number of para-hydroxylation sites is 1. The number of rotatable bonds is 9. The molecule has 6 nitrogen and oxygen atoms in total. The third kappa shape index (κ3) is 7.07. The number of aryl methyl sites for hydroxylation is 1. The van der Waals surface area contributed by atoms with Gasteiger partial charge in [-0.3, -0.25) is 4.79 Å². The van der Waals surface area contributed by atoms with Crippen LogP contribution < -0.4 is 10.5 Å². The van der Waals surface area contributed by atoms with E-state index in [1.807, 2.05) is 42.5 Å². The molecule has 1 amide bonds. The summed E-state index contributed by atoms with van der Waals surface area (Å²) in [4.78, 5) is 15.3. The lowest BCUT2D eigenvalue weighted by Crippen LogP contribution is -2.21. The highest BCUT2D eigenvalue weighted by Gasteiger charge is 2.19. The van der Waals surface area contributed by atoms with Crippen molar-refractivity contribution >= 4 is 50.2 Å². The number of aliphatic hydroxyl groups excluding tert-OH is 1. The minimum atomic E-state index is -0.618.